The monoisotopic (exact) mass is 258 g/mol. The second-order valence-corrected chi connectivity index (χ2v) is 5.51. The molecule has 0 fully saturated rings. The summed E-state index contributed by atoms with van der Waals surface area (Å²) < 4.78 is 5.06. The third-order valence-corrected chi connectivity index (χ3v) is 2.92. The number of oxazole rings is 1. The zero-order valence-electron chi connectivity index (χ0n) is 10.7. The Bertz CT molecular complexity index is 382. The van der Waals surface area contributed by atoms with Crippen molar-refractivity contribution >= 4 is 17.5 Å². The minimum absolute atomic E-state index is 0.0111. The van der Waals surface area contributed by atoms with E-state index in [-0.39, 0.29) is 23.1 Å². The molecule has 1 amide bonds. The number of carbonyl (C=O) groups excluding carboxylic acids is 1. The Morgan fingerprint density at radius 2 is 2.24 bits per heavy atom. The van der Waals surface area contributed by atoms with Crippen LogP contribution in [0.3, 0.4) is 0 Å². The highest BCUT2D eigenvalue weighted by Gasteiger charge is 2.27. The summed E-state index contributed by atoms with van der Waals surface area (Å²) in [6.07, 6.45) is 2.00. The highest BCUT2D eigenvalue weighted by atomic mass is 35.5. The van der Waals surface area contributed by atoms with Crippen molar-refractivity contribution in [2.24, 2.45) is 5.41 Å². The van der Waals surface area contributed by atoms with Crippen molar-refractivity contribution in [1.82, 2.24) is 10.3 Å². The maximum atomic E-state index is 12.0. The molecule has 1 unspecified atom stereocenters. The van der Waals surface area contributed by atoms with Gasteiger partial charge < -0.3 is 9.73 Å². The standard InChI is InChI=1S/C12H19ClN2O2/c1-8-10(17-7-14-8)11(16)15-9(5-6-13)12(2,3)4/h7,9H,5-6H2,1-4H3,(H,15,16). The zero-order valence-corrected chi connectivity index (χ0v) is 11.5. The molecule has 1 N–H and O–H groups in total. The van der Waals surface area contributed by atoms with E-state index in [1.807, 2.05) is 0 Å². The molecule has 1 heterocycles. The second-order valence-electron chi connectivity index (χ2n) is 5.14. The third kappa shape index (κ3) is 3.73. The predicted molar refractivity (Wildman–Crippen MR) is 67.3 cm³/mol. The van der Waals surface area contributed by atoms with E-state index in [4.69, 9.17) is 16.0 Å². The molecule has 5 heteroatoms. The quantitative estimate of drug-likeness (QED) is 0.845. The first-order chi connectivity index (χ1) is 7.86. The van der Waals surface area contributed by atoms with Crippen LogP contribution in [-0.2, 0) is 0 Å². The lowest BCUT2D eigenvalue weighted by molar-refractivity contribution is 0.0871. The molecule has 0 aliphatic rings. The average Bonchev–Trinajstić information content (AvgIpc) is 2.62. The molecule has 1 rings (SSSR count). The molecule has 17 heavy (non-hydrogen) atoms. The highest BCUT2D eigenvalue weighted by molar-refractivity contribution is 6.17. The topological polar surface area (TPSA) is 55.1 Å². The van der Waals surface area contributed by atoms with E-state index in [1.165, 1.54) is 6.39 Å². The van der Waals surface area contributed by atoms with Gasteiger partial charge in [-0.25, -0.2) is 4.98 Å². The van der Waals surface area contributed by atoms with Crippen LogP contribution in [0.25, 0.3) is 0 Å². The molecule has 4 nitrogen and oxygen atoms in total. The Balaban J connectivity index is 2.75. The first-order valence-electron chi connectivity index (χ1n) is 5.63. The predicted octanol–water partition coefficient (Wildman–Crippen LogP) is 2.76. The van der Waals surface area contributed by atoms with Crippen molar-refractivity contribution in [3.63, 3.8) is 0 Å². The van der Waals surface area contributed by atoms with Gasteiger partial charge in [-0.2, -0.15) is 0 Å². The van der Waals surface area contributed by atoms with Gasteiger partial charge in [0.25, 0.3) is 5.91 Å². The summed E-state index contributed by atoms with van der Waals surface area (Å²) in [6.45, 7) is 7.94. The van der Waals surface area contributed by atoms with E-state index >= 15 is 0 Å². The van der Waals surface area contributed by atoms with Crippen LogP contribution in [0.5, 0.6) is 0 Å². The number of carbonyl (C=O) groups is 1. The van der Waals surface area contributed by atoms with Crippen LogP contribution in [-0.4, -0.2) is 22.8 Å². The van der Waals surface area contributed by atoms with Crippen LogP contribution >= 0.6 is 11.6 Å². The van der Waals surface area contributed by atoms with Gasteiger partial charge in [-0.15, -0.1) is 11.6 Å². The summed E-state index contributed by atoms with van der Waals surface area (Å²) in [6, 6.07) is 0.0111. The van der Waals surface area contributed by atoms with E-state index in [2.05, 4.69) is 31.1 Å². The summed E-state index contributed by atoms with van der Waals surface area (Å²) in [4.78, 5) is 15.9. The maximum absolute atomic E-state index is 12.0. The fraction of sp³-hybridized carbons (Fsp3) is 0.667. The van der Waals surface area contributed by atoms with Crippen LogP contribution in [0.15, 0.2) is 10.8 Å². The van der Waals surface area contributed by atoms with Crippen LogP contribution < -0.4 is 5.32 Å². The van der Waals surface area contributed by atoms with Gasteiger partial charge in [0.05, 0.1) is 5.69 Å². The Morgan fingerprint density at radius 3 is 2.65 bits per heavy atom. The lowest BCUT2D eigenvalue weighted by atomic mass is 9.85. The SMILES string of the molecule is Cc1ncoc1C(=O)NC(CCCl)C(C)(C)C. The molecule has 0 radical (unpaired) electrons. The number of amides is 1. The van der Waals surface area contributed by atoms with E-state index < -0.39 is 0 Å². The molecule has 0 bridgehead atoms. The van der Waals surface area contributed by atoms with Crippen LogP contribution in [0.2, 0.25) is 0 Å². The summed E-state index contributed by atoms with van der Waals surface area (Å²) in [5.41, 5.74) is 0.555. The molecular weight excluding hydrogens is 240 g/mol. The molecular formula is C12H19ClN2O2. The lowest BCUT2D eigenvalue weighted by Gasteiger charge is -2.30. The number of rotatable bonds is 4. The van der Waals surface area contributed by atoms with Gasteiger partial charge in [0, 0.05) is 11.9 Å². The fourth-order valence-electron chi connectivity index (χ4n) is 1.57. The molecule has 0 saturated heterocycles. The van der Waals surface area contributed by atoms with Gasteiger partial charge >= 0.3 is 0 Å². The largest absolute Gasteiger partial charge is 0.438 e. The molecule has 0 saturated carbocycles. The number of nitrogens with zero attached hydrogens (tertiary/aromatic N) is 1. The van der Waals surface area contributed by atoms with Crippen LogP contribution in [0.4, 0.5) is 0 Å². The van der Waals surface area contributed by atoms with Crippen molar-refractivity contribution in [2.75, 3.05) is 5.88 Å². The number of aryl methyl sites for hydroxylation is 1. The van der Waals surface area contributed by atoms with Gasteiger partial charge in [-0.1, -0.05) is 20.8 Å². The molecule has 1 atom stereocenters. The molecule has 0 aromatic carbocycles. The molecule has 96 valence electrons. The number of halogens is 1. The second kappa shape index (κ2) is 5.54. The van der Waals surface area contributed by atoms with E-state index in [1.54, 1.807) is 6.92 Å². The van der Waals surface area contributed by atoms with Gasteiger partial charge in [0.15, 0.2) is 6.39 Å². The number of aromatic nitrogens is 1. The Labute approximate surface area is 107 Å². The molecule has 0 aliphatic carbocycles. The Morgan fingerprint density at radius 1 is 1.59 bits per heavy atom. The van der Waals surface area contributed by atoms with E-state index in [0.29, 0.717) is 11.6 Å². The van der Waals surface area contributed by atoms with Crippen molar-refractivity contribution < 1.29 is 9.21 Å². The summed E-state index contributed by atoms with van der Waals surface area (Å²) in [5.74, 6) is 0.552. The van der Waals surface area contributed by atoms with E-state index in [0.717, 1.165) is 6.42 Å². The van der Waals surface area contributed by atoms with Gasteiger partial charge in [0.1, 0.15) is 0 Å². The van der Waals surface area contributed by atoms with E-state index in [9.17, 15) is 4.79 Å². The molecule has 0 spiro atoms. The van der Waals surface area contributed by atoms with Gasteiger partial charge in [-0.3, -0.25) is 4.79 Å². The zero-order chi connectivity index (χ0) is 13.1. The lowest BCUT2D eigenvalue weighted by Crippen LogP contribution is -2.44. The van der Waals surface area contributed by atoms with Gasteiger partial charge in [0.2, 0.25) is 5.76 Å². The average molecular weight is 259 g/mol. The third-order valence-electron chi connectivity index (χ3n) is 2.70. The normalized spacial score (nSPS) is 13.5. The molecule has 1 aromatic rings. The maximum Gasteiger partial charge on any atom is 0.289 e. The summed E-state index contributed by atoms with van der Waals surface area (Å²) in [5, 5.41) is 2.94. The Kier molecular flexibility index (Phi) is 4.57. The summed E-state index contributed by atoms with van der Waals surface area (Å²) in [7, 11) is 0. The number of hydrogen-bond acceptors (Lipinski definition) is 3. The van der Waals surface area contributed by atoms with Crippen molar-refractivity contribution in [1.29, 1.82) is 0 Å². The first-order valence-corrected chi connectivity index (χ1v) is 6.16. The smallest absolute Gasteiger partial charge is 0.289 e. The van der Waals surface area contributed by atoms with Crippen molar-refractivity contribution in [3.05, 3.63) is 17.8 Å². The first kappa shape index (κ1) is 14.0. The fourth-order valence-corrected chi connectivity index (χ4v) is 1.79. The number of nitrogens with one attached hydrogen (secondary N) is 1. The number of alkyl halides is 1. The van der Waals surface area contributed by atoms with Crippen LogP contribution in [0.1, 0.15) is 43.4 Å². The van der Waals surface area contributed by atoms with Gasteiger partial charge in [-0.05, 0) is 18.8 Å². The molecule has 1 aromatic heterocycles. The number of hydrogen-bond donors (Lipinski definition) is 1. The highest BCUT2D eigenvalue weighted by Crippen LogP contribution is 2.22. The van der Waals surface area contributed by atoms with Crippen LogP contribution in [0, 0.1) is 12.3 Å². The van der Waals surface area contributed by atoms with Crippen molar-refractivity contribution in [3.8, 4) is 0 Å². The minimum Gasteiger partial charge on any atom is -0.438 e. The minimum atomic E-state index is -0.231. The summed E-state index contributed by atoms with van der Waals surface area (Å²) >= 11 is 5.75. The molecule has 0 aliphatic heterocycles. The Hall–Kier alpha value is -1.03. The van der Waals surface area contributed by atoms with Crippen molar-refractivity contribution in [2.45, 2.75) is 40.2 Å².